The van der Waals surface area contributed by atoms with Gasteiger partial charge in [0.2, 0.25) is 5.91 Å². The van der Waals surface area contributed by atoms with Crippen LogP contribution in [-0.4, -0.2) is 48.8 Å². The Balaban J connectivity index is 1.68. The molecule has 4 heteroatoms. The molecule has 88 valence electrons. The molecule has 3 heterocycles. The fourth-order valence-electron chi connectivity index (χ4n) is 3.00. The van der Waals surface area contributed by atoms with Gasteiger partial charge in [-0.05, 0) is 13.3 Å². The average molecular weight is 223 g/mol. The first kappa shape index (κ1) is 10.3. The Labute approximate surface area is 95.2 Å². The molecular weight excluding hydrogens is 206 g/mol. The Kier molecular flexibility index (Phi) is 2.30. The summed E-state index contributed by atoms with van der Waals surface area (Å²) in [5.74, 6) is 0.302. The quantitative estimate of drug-likeness (QED) is 0.517. The zero-order valence-corrected chi connectivity index (χ0v) is 9.52. The third-order valence-corrected chi connectivity index (χ3v) is 3.78. The zero-order valence-electron chi connectivity index (χ0n) is 9.52. The number of rotatable bonds is 4. The van der Waals surface area contributed by atoms with E-state index in [2.05, 4.69) is 12.2 Å². The molecule has 4 nitrogen and oxygen atoms in total. The van der Waals surface area contributed by atoms with Gasteiger partial charge in [-0.2, -0.15) is 0 Å². The lowest BCUT2D eigenvalue weighted by atomic mass is 9.86. The second-order valence-electron chi connectivity index (χ2n) is 4.72. The lowest BCUT2D eigenvalue weighted by Crippen LogP contribution is -2.34. The summed E-state index contributed by atoms with van der Waals surface area (Å²) in [6.07, 6.45) is 5.23. The van der Waals surface area contributed by atoms with Gasteiger partial charge in [0.1, 0.15) is 5.60 Å². The van der Waals surface area contributed by atoms with Crippen LogP contribution in [0.1, 0.15) is 13.3 Å². The van der Waals surface area contributed by atoms with E-state index in [-0.39, 0.29) is 23.5 Å². The van der Waals surface area contributed by atoms with E-state index in [4.69, 9.17) is 9.47 Å². The molecule has 3 aliphatic rings. The first-order valence-electron chi connectivity index (χ1n) is 5.99. The molecule has 0 N–H and O–H groups in total. The summed E-state index contributed by atoms with van der Waals surface area (Å²) in [4.78, 5) is 14.0. The largest absolute Gasteiger partial charge is 0.380 e. The molecule has 3 aliphatic heterocycles. The molecule has 0 unspecified atom stereocenters. The van der Waals surface area contributed by atoms with Crippen molar-refractivity contribution in [2.75, 3.05) is 26.3 Å². The molecular formula is C12H17NO3. The maximum Gasteiger partial charge on any atom is 0.229 e. The highest BCUT2D eigenvalue weighted by atomic mass is 16.5. The molecule has 1 amide bonds. The Morgan fingerprint density at radius 2 is 2.56 bits per heavy atom. The van der Waals surface area contributed by atoms with E-state index in [1.807, 2.05) is 11.8 Å². The van der Waals surface area contributed by atoms with Gasteiger partial charge in [0.15, 0.2) is 0 Å². The van der Waals surface area contributed by atoms with Crippen LogP contribution in [0.2, 0.25) is 0 Å². The van der Waals surface area contributed by atoms with Gasteiger partial charge in [0, 0.05) is 13.2 Å². The standard InChI is InChI=1S/C12H17NO3/c1-2-15-6-5-13-8-12-4-3-9(16-12)7-10(12)11(13)14/h3-4,9-10H,2,5-8H2,1H3/t9-,10-,12-/m0/s1. The van der Waals surface area contributed by atoms with Gasteiger partial charge in [0.05, 0.1) is 25.2 Å². The number of nitrogens with zero attached hydrogens (tertiary/aromatic N) is 1. The van der Waals surface area contributed by atoms with E-state index in [1.165, 1.54) is 0 Å². The zero-order chi connectivity index (χ0) is 11.2. The van der Waals surface area contributed by atoms with Crippen LogP contribution in [0.5, 0.6) is 0 Å². The Hall–Kier alpha value is -0.870. The topological polar surface area (TPSA) is 38.8 Å². The predicted octanol–water partition coefficient (Wildman–Crippen LogP) is 0.579. The monoisotopic (exact) mass is 223 g/mol. The highest BCUT2D eigenvalue weighted by Crippen LogP contribution is 2.48. The molecule has 3 atom stereocenters. The molecule has 2 bridgehead atoms. The van der Waals surface area contributed by atoms with E-state index in [0.29, 0.717) is 26.3 Å². The van der Waals surface area contributed by atoms with Crippen LogP contribution in [0.4, 0.5) is 0 Å². The molecule has 0 aliphatic carbocycles. The third-order valence-electron chi connectivity index (χ3n) is 3.78. The summed E-state index contributed by atoms with van der Waals surface area (Å²) >= 11 is 0. The summed E-state index contributed by atoms with van der Waals surface area (Å²) in [5.41, 5.74) is -0.298. The molecule has 2 fully saturated rings. The lowest BCUT2D eigenvalue weighted by Gasteiger charge is -2.21. The highest BCUT2D eigenvalue weighted by Gasteiger charge is 2.59. The number of carbonyl (C=O) groups is 1. The summed E-state index contributed by atoms with van der Waals surface area (Å²) in [7, 11) is 0. The Morgan fingerprint density at radius 3 is 3.25 bits per heavy atom. The molecule has 3 rings (SSSR count). The van der Waals surface area contributed by atoms with Crippen molar-refractivity contribution in [1.29, 1.82) is 0 Å². The van der Waals surface area contributed by atoms with Crippen LogP contribution in [0.25, 0.3) is 0 Å². The first-order chi connectivity index (χ1) is 7.75. The van der Waals surface area contributed by atoms with Gasteiger partial charge in [-0.1, -0.05) is 12.2 Å². The second-order valence-corrected chi connectivity index (χ2v) is 4.72. The van der Waals surface area contributed by atoms with Crippen molar-refractivity contribution in [3.8, 4) is 0 Å². The van der Waals surface area contributed by atoms with Gasteiger partial charge in [-0.25, -0.2) is 0 Å². The minimum Gasteiger partial charge on any atom is -0.380 e. The summed E-state index contributed by atoms with van der Waals surface area (Å²) in [6, 6.07) is 0. The van der Waals surface area contributed by atoms with Crippen LogP contribution in [0, 0.1) is 5.92 Å². The summed E-state index contributed by atoms with van der Waals surface area (Å²) < 4.78 is 11.2. The van der Waals surface area contributed by atoms with E-state index >= 15 is 0 Å². The third kappa shape index (κ3) is 1.33. The maximum atomic E-state index is 12.1. The molecule has 2 saturated heterocycles. The smallest absolute Gasteiger partial charge is 0.229 e. The van der Waals surface area contributed by atoms with Crippen molar-refractivity contribution >= 4 is 5.91 Å². The maximum absolute atomic E-state index is 12.1. The van der Waals surface area contributed by atoms with Crippen LogP contribution >= 0.6 is 0 Å². The van der Waals surface area contributed by atoms with E-state index in [0.717, 1.165) is 6.42 Å². The number of fused-ring (bicyclic) bond motifs is 1. The molecule has 0 radical (unpaired) electrons. The molecule has 16 heavy (non-hydrogen) atoms. The summed E-state index contributed by atoms with van der Waals surface area (Å²) in [5, 5.41) is 0. The molecule has 0 aromatic carbocycles. The molecule has 0 aromatic rings. The van der Waals surface area contributed by atoms with Crippen molar-refractivity contribution in [3.05, 3.63) is 12.2 Å². The van der Waals surface area contributed by atoms with Crippen molar-refractivity contribution in [2.24, 2.45) is 5.92 Å². The van der Waals surface area contributed by atoms with Crippen LogP contribution < -0.4 is 0 Å². The van der Waals surface area contributed by atoms with Gasteiger partial charge in [-0.3, -0.25) is 4.79 Å². The fraction of sp³-hybridized carbons (Fsp3) is 0.750. The molecule has 0 saturated carbocycles. The van der Waals surface area contributed by atoms with Crippen molar-refractivity contribution < 1.29 is 14.3 Å². The molecule has 1 spiro atoms. The van der Waals surface area contributed by atoms with Crippen LogP contribution in [-0.2, 0) is 14.3 Å². The average Bonchev–Trinajstić information content (AvgIpc) is 2.90. The van der Waals surface area contributed by atoms with Crippen LogP contribution in [0.15, 0.2) is 12.2 Å². The second kappa shape index (κ2) is 3.57. The van der Waals surface area contributed by atoms with Gasteiger partial charge >= 0.3 is 0 Å². The Morgan fingerprint density at radius 1 is 1.69 bits per heavy atom. The van der Waals surface area contributed by atoms with E-state index in [1.54, 1.807) is 0 Å². The van der Waals surface area contributed by atoms with Crippen molar-refractivity contribution in [1.82, 2.24) is 4.90 Å². The summed E-state index contributed by atoms with van der Waals surface area (Å²) in [6.45, 7) is 4.68. The Bertz CT molecular complexity index is 341. The number of likely N-dealkylation sites (tertiary alicyclic amines) is 1. The SMILES string of the molecule is CCOCCN1C[C@@]23C=C[C@@H](C[C@H]2C1=O)O3. The number of amides is 1. The number of hydrogen-bond donors (Lipinski definition) is 0. The number of carbonyl (C=O) groups excluding carboxylic acids is 1. The minimum absolute atomic E-state index is 0.0594. The van der Waals surface area contributed by atoms with Gasteiger partial charge < -0.3 is 14.4 Å². The van der Waals surface area contributed by atoms with E-state index in [9.17, 15) is 4.79 Å². The minimum atomic E-state index is -0.298. The van der Waals surface area contributed by atoms with Gasteiger partial charge in [0.25, 0.3) is 0 Å². The number of hydrogen-bond acceptors (Lipinski definition) is 3. The lowest BCUT2D eigenvalue weighted by molar-refractivity contribution is -0.131. The normalized spacial score (nSPS) is 39.8. The van der Waals surface area contributed by atoms with Crippen molar-refractivity contribution in [3.63, 3.8) is 0 Å². The van der Waals surface area contributed by atoms with Crippen LogP contribution in [0.3, 0.4) is 0 Å². The van der Waals surface area contributed by atoms with Crippen molar-refractivity contribution in [2.45, 2.75) is 25.0 Å². The fourth-order valence-corrected chi connectivity index (χ4v) is 3.00. The van der Waals surface area contributed by atoms with Gasteiger partial charge in [-0.15, -0.1) is 0 Å². The number of ether oxygens (including phenoxy) is 2. The first-order valence-corrected chi connectivity index (χ1v) is 5.99. The predicted molar refractivity (Wildman–Crippen MR) is 57.9 cm³/mol. The van der Waals surface area contributed by atoms with E-state index < -0.39 is 0 Å². The highest BCUT2D eigenvalue weighted by molar-refractivity contribution is 5.84. The molecule has 0 aromatic heterocycles.